The minimum Gasteiger partial charge on any atom is -0.390 e. The SMILES string of the molecule is CNc1nc(C)nc2c1ncn2C[C@H](O)[C@H](O)CCOP(=O)(O)O. The average Bonchev–Trinajstić information content (AvgIpc) is 2.87. The zero-order valence-electron chi connectivity index (χ0n) is 13.2. The third-order valence-electron chi connectivity index (χ3n) is 3.31. The van der Waals surface area contributed by atoms with E-state index in [4.69, 9.17) is 9.79 Å². The molecule has 2 rings (SSSR count). The molecule has 0 saturated carbocycles. The fourth-order valence-electron chi connectivity index (χ4n) is 2.17. The quantitative estimate of drug-likeness (QED) is 0.384. The fourth-order valence-corrected chi connectivity index (χ4v) is 2.51. The van der Waals surface area contributed by atoms with E-state index in [-0.39, 0.29) is 19.6 Å². The molecule has 0 fully saturated rings. The Morgan fingerprint density at radius 3 is 2.67 bits per heavy atom. The van der Waals surface area contributed by atoms with Gasteiger partial charge in [0.2, 0.25) is 0 Å². The number of aliphatic hydroxyl groups is 2. The molecule has 12 heteroatoms. The first kappa shape index (κ1) is 18.7. The second-order valence-electron chi connectivity index (χ2n) is 5.19. The van der Waals surface area contributed by atoms with E-state index < -0.39 is 20.0 Å². The zero-order chi connectivity index (χ0) is 17.9. The van der Waals surface area contributed by atoms with Crippen molar-refractivity contribution in [1.82, 2.24) is 19.5 Å². The van der Waals surface area contributed by atoms with Crippen molar-refractivity contribution < 1.29 is 29.1 Å². The number of aliphatic hydroxyl groups excluding tert-OH is 2. The Kier molecular flexibility index (Phi) is 5.86. The molecule has 0 radical (unpaired) electrons. The molecule has 0 amide bonds. The van der Waals surface area contributed by atoms with Gasteiger partial charge in [0, 0.05) is 7.05 Å². The number of imidazole rings is 1. The van der Waals surface area contributed by atoms with Crippen molar-refractivity contribution in [3.8, 4) is 0 Å². The molecule has 0 bridgehead atoms. The number of phosphoric acid groups is 1. The summed E-state index contributed by atoms with van der Waals surface area (Å²) in [6.45, 7) is 1.36. The van der Waals surface area contributed by atoms with E-state index in [9.17, 15) is 14.8 Å². The molecule has 11 nitrogen and oxygen atoms in total. The Hall–Kier alpha value is -1.62. The molecule has 2 aromatic rings. The van der Waals surface area contributed by atoms with Crippen molar-refractivity contribution in [3.63, 3.8) is 0 Å². The van der Waals surface area contributed by atoms with Crippen LogP contribution >= 0.6 is 7.82 Å². The van der Waals surface area contributed by atoms with Gasteiger partial charge in [0.05, 0.1) is 31.7 Å². The summed E-state index contributed by atoms with van der Waals surface area (Å²) in [5.74, 6) is 1.08. The van der Waals surface area contributed by atoms with E-state index in [1.807, 2.05) is 0 Å². The highest BCUT2D eigenvalue weighted by Gasteiger charge is 2.21. The van der Waals surface area contributed by atoms with Crippen LogP contribution in [-0.4, -0.2) is 65.4 Å². The average molecular weight is 361 g/mol. The third kappa shape index (κ3) is 4.69. The summed E-state index contributed by atoms with van der Waals surface area (Å²) in [6, 6.07) is 0. The molecule has 134 valence electrons. The van der Waals surface area contributed by atoms with Gasteiger partial charge < -0.3 is 29.9 Å². The lowest BCUT2D eigenvalue weighted by Crippen LogP contribution is -2.31. The number of nitrogens with zero attached hydrogens (tertiary/aromatic N) is 4. The summed E-state index contributed by atoms with van der Waals surface area (Å²) >= 11 is 0. The third-order valence-corrected chi connectivity index (χ3v) is 3.83. The molecule has 0 aliphatic rings. The largest absolute Gasteiger partial charge is 0.469 e. The molecule has 0 aliphatic heterocycles. The Morgan fingerprint density at radius 1 is 1.33 bits per heavy atom. The lowest BCUT2D eigenvalue weighted by atomic mass is 10.1. The fraction of sp³-hybridized carbons (Fsp3) is 0.583. The second kappa shape index (κ2) is 7.51. The number of anilines is 1. The summed E-state index contributed by atoms with van der Waals surface area (Å²) in [5.41, 5.74) is 1.04. The van der Waals surface area contributed by atoms with Gasteiger partial charge in [0.1, 0.15) is 11.3 Å². The van der Waals surface area contributed by atoms with E-state index >= 15 is 0 Å². The number of hydrogen-bond acceptors (Lipinski definition) is 8. The van der Waals surface area contributed by atoms with Gasteiger partial charge in [-0.3, -0.25) is 4.52 Å². The Labute approximate surface area is 137 Å². The van der Waals surface area contributed by atoms with Gasteiger partial charge in [-0.25, -0.2) is 19.5 Å². The maximum absolute atomic E-state index is 10.6. The first-order valence-electron chi connectivity index (χ1n) is 7.14. The van der Waals surface area contributed by atoms with Gasteiger partial charge in [0.15, 0.2) is 11.5 Å². The molecule has 0 aromatic carbocycles. The Bertz CT molecular complexity index is 747. The predicted octanol–water partition coefficient (Wildman–Crippen LogP) is -0.602. The molecule has 0 unspecified atom stereocenters. The number of fused-ring (bicyclic) bond motifs is 1. The van der Waals surface area contributed by atoms with Crippen molar-refractivity contribution in [2.24, 2.45) is 0 Å². The van der Waals surface area contributed by atoms with Crippen LogP contribution in [0.5, 0.6) is 0 Å². The van der Waals surface area contributed by atoms with Gasteiger partial charge in [0.25, 0.3) is 0 Å². The first-order chi connectivity index (χ1) is 11.2. The minimum atomic E-state index is -4.59. The van der Waals surface area contributed by atoms with Gasteiger partial charge in [-0.2, -0.15) is 0 Å². The number of phosphoric ester groups is 1. The van der Waals surface area contributed by atoms with E-state index in [1.165, 1.54) is 6.33 Å². The molecule has 2 aromatic heterocycles. The van der Waals surface area contributed by atoms with Crippen LogP contribution < -0.4 is 5.32 Å². The highest BCUT2D eigenvalue weighted by Crippen LogP contribution is 2.35. The van der Waals surface area contributed by atoms with E-state index in [2.05, 4.69) is 24.8 Å². The normalized spacial score (nSPS) is 14.8. The molecular weight excluding hydrogens is 341 g/mol. The molecule has 0 spiro atoms. The maximum Gasteiger partial charge on any atom is 0.469 e. The molecule has 2 heterocycles. The molecule has 24 heavy (non-hydrogen) atoms. The second-order valence-corrected chi connectivity index (χ2v) is 6.43. The Morgan fingerprint density at radius 2 is 2.04 bits per heavy atom. The van der Waals surface area contributed by atoms with Gasteiger partial charge in [-0.05, 0) is 13.3 Å². The van der Waals surface area contributed by atoms with Crippen molar-refractivity contribution in [3.05, 3.63) is 12.2 Å². The van der Waals surface area contributed by atoms with Crippen LogP contribution in [0.2, 0.25) is 0 Å². The van der Waals surface area contributed by atoms with Crippen LogP contribution in [0.3, 0.4) is 0 Å². The van der Waals surface area contributed by atoms with Crippen LogP contribution in [0.15, 0.2) is 6.33 Å². The lowest BCUT2D eigenvalue weighted by molar-refractivity contribution is -0.00303. The molecular formula is C12H20N5O6P. The number of hydrogen-bond donors (Lipinski definition) is 5. The zero-order valence-corrected chi connectivity index (χ0v) is 14.1. The van der Waals surface area contributed by atoms with Crippen LogP contribution in [0.4, 0.5) is 5.82 Å². The van der Waals surface area contributed by atoms with Crippen molar-refractivity contribution in [2.45, 2.75) is 32.1 Å². The lowest BCUT2D eigenvalue weighted by Gasteiger charge is -2.18. The smallest absolute Gasteiger partial charge is 0.390 e. The first-order valence-corrected chi connectivity index (χ1v) is 8.67. The van der Waals surface area contributed by atoms with Crippen LogP contribution in [0.25, 0.3) is 11.2 Å². The summed E-state index contributed by atoms with van der Waals surface area (Å²) in [5, 5.41) is 22.9. The number of aryl methyl sites for hydroxylation is 1. The summed E-state index contributed by atoms with van der Waals surface area (Å²) in [6.07, 6.45) is -1.06. The predicted molar refractivity (Wildman–Crippen MR) is 84.2 cm³/mol. The maximum atomic E-state index is 10.6. The standard InChI is InChI=1S/C12H20N5O6P/c1-7-15-11(13-2)10-12(16-7)17(6-14-10)5-9(19)8(18)3-4-23-24(20,21)22/h6,8-9,18-19H,3-5H2,1-2H3,(H,13,15,16)(H2,20,21,22)/t8-,9+/m1/s1. The molecule has 0 saturated heterocycles. The van der Waals surface area contributed by atoms with Crippen LogP contribution in [0.1, 0.15) is 12.2 Å². The molecule has 5 N–H and O–H groups in total. The number of rotatable bonds is 8. The monoisotopic (exact) mass is 361 g/mol. The summed E-state index contributed by atoms with van der Waals surface area (Å²) < 4.78 is 16.4. The van der Waals surface area contributed by atoms with Crippen molar-refractivity contribution in [2.75, 3.05) is 19.0 Å². The van der Waals surface area contributed by atoms with Crippen molar-refractivity contribution in [1.29, 1.82) is 0 Å². The summed E-state index contributed by atoms with van der Waals surface area (Å²) in [7, 11) is -2.88. The summed E-state index contributed by atoms with van der Waals surface area (Å²) in [4.78, 5) is 29.8. The van der Waals surface area contributed by atoms with Gasteiger partial charge in [-0.1, -0.05) is 0 Å². The minimum absolute atomic E-state index is 0.00713. The van der Waals surface area contributed by atoms with Crippen LogP contribution in [-0.2, 0) is 15.6 Å². The Balaban J connectivity index is 2.06. The van der Waals surface area contributed by atoms with Gasteiger partial charge in [-0.15, -0.1) is 0 Å². The van der Waals surface area contributed by atoms with E-state index in [0.29, 0.717) is 22.8 Å². The van der Waals surface area contributed by atoms with E-state index in [0.717, 1.165) is 0 Å². The molecule has 2 atom stereocenters. The van der Waals surface area contributed by atoms with Crippen molar-refractivity contribution >= 4 is 24.8 Å². The number of nitrogens with one attached hydrogen (secondary N) is 1. The van der Waals surface area contributed by atoms with Crippen LogP contribution in [0, 0.1) is 6.92 Å². The number of aromatic nitrogens is 4. The highest BCUT2D eigenvalue weighted by atomic mass is 31.2. The topological polar surface area (TPSA) is 163 Å². The highest BCUT2D eigenvalue weighted by molar-refractivity contribution is 7.46. The van der Waals surface area contributed by atoms with Gasteiger partial charge >= 0.3 is 7.82 Å². The van der Waals surface area contributed by atoms with E-state index in [1.54, 1.807) is 18.5 Å². The molecule has 0 aliphatic carbocycles.